The molecular weight excluding hydrogens is 787 g/mol. The molecule has 3 aliphatic rings. The number of rotatable bonds is 11. The monoisotopic (exact) mass is 833 g/mol. The van der Waals surface area contributed by atoms with Crippen LogP contribution < -0.4 is 0 Å². The van der Waals surface area contributed by atoms with Gasteiger partial charge in [-0.25, -0.2) is 8.42 Å². The Kier molecular flexibility index (Phi) is 12.8. The molecule has 0 amide bonds. The van der Waals surface area contributed by atoms with E-state index in [1.165, 1.54) is 16.4 Å². The largest absolute Gasteiger partial charge is 0.453 e. The predicted molar refractivity (Wildman–Crippen MR) is 211 cm³/mol. The summed E-state index contributed by atoms with van der Waals surface area (Å²) in [4.78, 5) is 14.6. The van der Waals surface area contributed by atoms with E-state index in [0.29, 0.717) is 56.3 Å². The molecule has 1 saturated carbocycles. The third-order valence-electron chi connectivity index (χ3n) is 11.6. The molecule has 2 N–H and O–H groups in total. The molecule has 56 heavy (non-hydrogen) atoms. The number of aliphatic hydroxyl groups is 2. The van der Waals surface area contributed by atoms with Gasteiger partial charge in [-0.2, -0.15) is 17.5 Å². The van der Waals surface area contributed by atoms with Crippen molar-refractivity contribution in [2.75, 3.05) is 26.8 Å². The maximum absolute atomic E-state index is 14.6. The Morgan fingerprint density at radius 2 is 1.89 bits per heavy atom. The smallest absolute Gasteiger partial charge is 0.416 e. The Bertz CT molecular complexity index is 2170. The molecule has 4 atom stereocenters. The van der Waals surface area contributed by atoms with Gasteiger partial charge >= 0.3 is 6.18 Å². The molecule has 1 fully saturated rings. The number of allylic oxidation sites excluding steroid dienone is 2. The average molecular weight is 834 g/mol. The molecule has 8 nitrogen and oxygen atoms in total. The number of aliphatic hydroxyl groups excluding tert-OH is 1. The fourth-order valence-corrected chi connectivity index (χ4v) is 11.2. The molecule has 2 bridgehead atoms. The van der Waals surface area contributed by atoms with Gasteiger partial charge in [0.05, 0.1) is 22.3 Å². The molecule has 4 aromatic rings. The number of carbonyl (C=O) groups excluding carboxylic acids is 1. The second-order valence-corrected chi connectivity index (χ2v) is 18.8. The van der Waals surface area contributed by atoms with Crippen molar-refractivity contribution in [2.24, 2.45) is 5.41 Å². The van der Waals surface area contributed by atoms with Crippen LogP contribution in [0.4, 0.5) is 13.2 Å². The highest BCUT2D eigenvalue weighted by atomic mass is 35.5. The zero-order chi connectivity index (χ0) is 40.5. The van der Waals surface area contributed by atoms with Crippen molar-refractivity contribution in [1.29, 1.82) is 0 Å². The molecule has 302 valence electrons. The molecule has 2 heterocycles. The number of hydrogen-bond donors (Lipinski definition) is 2. The van der Waals surface area contributed by atoms with Crippen molar-refractivity contribution in [3.63, 3.8) is 0 Å². The summed E-state index contributed by atoms with van der Waals surface area (Å²) in [5.74, 6) is -1.07. The van der Waals surface area contributed by atoms with Crippen molar-refractivity contribution < 1.29 is 45.8 Å². The number of halogens is 4. The van der Waals surface area contributed by atoms with Crippen LogP contribution >= 0.6 is 22.9 Å². The first-order valence-electron chi connectivity index (χ1n) is 18.7. The number of benzene rings is 2. The van der Waals surface area contributed by atoms with Crippen LogP contribution in [0.5, 0.6) is 0 Å². The summed E-state index contributed by atoms with van der Waals surface area (Å²) in [6.07, 6.45) is 0.373. The van der Waals surface area contributed by atoms with E-state index < -0.39 is 50.6 Å². The molecule has 2 aromatic carbocycles. The van der Waals surface area contributed by atoms with E-state index in [1.54, 1.807) is 30.7 Å². The molecular formula is C42H47ClF3NO7S2. The summed E-state index contributed by atoms with van der Waals surface area (Å²) in [7, 11) is -2.42. The highest BCUT2D eigenvalue weighted by Gasteiger charge is 2.58. The van der Waals surface area contributed by atoms with E-state index in [-0.39, 0.29) is 57.8 Å². The quantitative estimate of drug-likeness (QED) is 0.0878. The van der Waals surface area contributed by atoms with Crippen molar-refractivity contribution in [2.45, 2.75) is 93.2 Å². The van der Waals surface area contributed by atoms with Gasteiger partial charge in [-0.3, -0.25) is 4.79 Å². The molecule has 2 aromatic heterocycles. The molecule has 3 aliphatic carbocycles. The van der Waals surface area contributed by atoms with Crippen molar-refractivity contribution in [1.82, 2.24) is 4.31 Å². The SMILES string of the molecule is COCCCN(C[C@]1(O)CC[C@H]2c3ccc(cc3C(=O)c3ccc(-c4cc(C(F)(F)F)ccc4Cl)o3)C[C@@H](O)CCC(C)=CCC[C@@]21C)S(=O)(=O)c1cccs1. The average Bonchev–Trinajstić information content (AvgIpc) is 3.91. The first kappa shape index (κ1) is 42.3. The first-order chi connectivity index (χ1) is 26.5. The maximum Gasteiger partial charge on any atom is 0.416 e. The van der Waals surface area contributed by atoms with Crippen LogP contribution in [0.1, 0.15) is 97.5 Å². The van der Waals surface area contributed by atoms with Crippen LogP contribution in [0, 0.1) is 5.41 Å². The number of ketones is 1. The third-order valence-corrected chi connectivity index (χ3v) is 15.1. The number of methoxy groups -OCH3 is 1. The van der Waals surface area contributed by atoms with Crippen LogP contribution in [-0.4, -0.2) is 67.2 Å². The van der Waals surface area contributed by atoms with E-state index in [9.17, 15) is 36.6 Å². The Hall–Kier alpha value is -3.30. The Morgan fingerprint density at radius 3 is 2.61 bits per heavy atom. The van der Waals surface area contributed by atoms with Crippen molar-refractivity contribution >= 4 is 38.7 Å². The normalized spacial score (nSPS) is 23.6. The maximum atomic E-state index is 14.6. The van der Waals surface area contributed by atoms with E-state index in [0.717, 1.165) is 35.1 Å². The number of nitrogens with zero attached hydrogens (tertiary/aromatic N) is 1. The van der Waals surface area contributed by atoms with Gasteiger partial charge in [-0.1, -0.05) is 48.4 Å². The molecule has 14 heteroatoms. The predicted octanol–water partition coefficient (Wildman–Crippen LogP) is 9.68. The second kappa shape index (κ2) is 16.9. The minimum Gasteiger partial charge on any atom is -0.453 e. The molecule has 0 saturated heterocycles. The summed E-state index contributed by atoms with van der Waals surface area (Å²) in [5, 5.41) is 25.6. The number of hydrogen-bond acceptors (Lipinski definition) is 8. The molecule has 7 rings (SSSR count). The molecule has 0 unspecified atom stereocenters. The number of thiophene rings is 1. The highest BCUT2D eigenvalue weighted by molar-refractivity contribution is 7.91. The van der Waals surface area contributed by atoms with Crippen LogP contribution in [-0.2, 0) is 27.4 Å². The topological polar surface area (TPSA) is 117 Å². The highest BCUT2D eigenvalue weighted by Crippen LogP contribution is 2.59. The summed E-state index contributed by atoms with van der Waals surface area (Å²) in [6.45, 7) is 4.28. The van der Waals surface area contributed by atoms with Crippen LogP contribution in [0.3, 0.4) is 0 Å². The van der Waals surface area contributed by atoms with E-state index >= 15 is 0 Å². The molecule has 0 spiro atoms. The Morgan fingerprint density at radius 1 is 1.11 bits per heavy atom. The number of alkyl halides is 3. The van der Waals surface area contributed by atoms with Crippen LogP contribution in [0.25, 0.3) is 11.3 Å². The van der Waals surface area contributed by atoms with Crippen molar-refractivity contribution in [3.8, 4) is 11.3 Å². The van der Waals surface area contributed by atoms with Gasteiger partial charge in [0.15, 0.2) is 5.76 Å². The number of ether oxygens (including phenoxy) is 1. The number of carbonyl (C=O) groups is 1. The van der Waals surface area contributed by atoms with Gasteiger partial charge in [0.25, 0.3) is 10.0 Å². The first-order valence-corrected chi connectivity index (χ1v) is 21.4. The second-order valence-electron chi connectivity index (χ2n) is 15.3. The minimum absolute atomic E-state index is 0.0116. The fraction of sp³-hybridized carbons (Fsp3) is 0.452. The lowest BCUT2D eigenvalue weighted by atomic mass is 9.65. The zero-order valence-electron chi connectivity index (χ0n) is 31.6. The van der Waals surface area contributed by atoms with Gasteiger partial charge < -0.3 is 19.4 Å². The summed E-state index contributed by atoms with van der Waals surface area (Å²) >= 11 is 7.43. The summed E-state index contributed by atoms with van der Waals surface area (Å²) < 4.78 is 81.6. The van der Waals surface area contributed by atoms with Gasteiger partial charge in [-0.05, 0) is 123 Å². The van der Waals surface area contributed by atoms with Gasteiger partial charge in [0.2, 0.25) is 5.78 Å². The molecule has 0 radical (unpaired) electrons. The van der Waals surface area contributed by atoms with Crippen molar-refractivity contribution in [3.05, 3.63) is 111 Å². The Labute approximate surface area is 335 Å². The summed E-state index contributed by atoms with van der Waals surface area (Å²) in [5.41, 5.74) is -0.668. The van der Waals surface area contributed by atoms with Crippen LogP contribution in [0.15, 0.2) is 86.3 Å². The van der Waals surface area contributed by atoms with E-state index in [4.69, 9.17) is 20.8 Å². The minimum atomic E-state index is -4.62. The van der Waals surface area contributed by atoms with Gasteiger partial charge in [0, 0.05) is 43.3 Å². The van der Waals surface area contributed by atoms with E-state index in [1.807, 2.05) is 26.0 Å². The number of fused-ring (bicyclic) bond motifs is 8. The molecule has 0 aliphatic heterocycles. The number of sulfonamides is 1. The summed E-state index contributed by atoms with van der Waals surface area (Å²) in [6, 6.07) is 14.4. The van der Waals surface area contributed by atoms with Gasteiger partial charge in [-0.15, -0.1) is 11.3 Å². The number of furan rings is 1. The lowest BCUT2D eigenvalue weighted by Crippen LogP contribution is -2.54. The standard InChI is InChI=1S/C42H47ClF3NO7S2/c1-27-7-4-18-40(2)34(17-19-41(40,50)26-47(20-6-21-53-3)56(51,52)38-8-5-22-55-38)31-13-10-28(23-30(48)12-9-27)24-32(31)39(49)37-16-15-36(54-37)33-25-29(42(44,45)46)11-14-35(33)43/h5,7-8,10-11,13-16,22,24-25,30,34,48,50H,4,6,9,12,17-21,23,26H2,1-3H3/t30-,34-,40-,41+/m0/s1. The zero-order valence-corrected chi connectivity index (χ0v) is 34.0. The lowest BCUT2D eigenvalue weighted by Gasteiger charge is -2.46. The fourth-order valence-electron chi connectivity index (χ4n) is 8.32. The third kappa shape index (κ3) is 8.74. The van der Waals surface area contributed by atoms with E-state index in [2.05, 4.69) is 6.08 Å². The Balaban J connectivity index is 1.43. The van der Waals surface area contributed by atoms with Crippen LogP contribution in [0.2, 0.25) is 5.02 Å². The van der Waals surface area contributed by atoms with Gasteiger partial charge in [0.1, 0.15) is 9.97 Å². The lowest BCUT2D eigenvalue weighted by molar-refractivity contribution is -0.137.